The maximum Gasteiger partial charge on any atom is 0.149 e. The fourth-order valence-electron chi connectivity index (χ4n) is 3.97. The molecule has 0 amide bonds. The van der Waals surface area contributed by atoms with Crippen molar-refractivity contribution in [2.45, 2.75) is 44.1 Å². The van der Waals surface area contributed by atoms with Crippen molar-refractivity contribution in [3.8, 4) is 0 Å². The minimum Gasteiger partial charge on any atom is -0.312 e. The normalized spacial score (nSPS) is 18.0. The number of carbonyl (C=O) groups is 1. The van der Waals surface area contributed by atoms with Crippen molar-refractivity contribution >= 4 is 5.78 Å². The van der Waals surface area contributed by atoms with Gasteiger partial charge in [-0.25, -0.2) is 0 Å². The van der Waals surface area contributed by atoms with Gasteiger partial charge in [-0.05, 0) is 36.9 Å². The molecule has 1 fully saturated rings. The van der Waals surface area contributed by atoms with E-state index in [1.165, 1.54) is 0 Å². The lowest BCUT2D eigenvalue weighted by Crippen LogP contribution is -2.52. The number of rotatable bonds is 6. The third-order valence-corrected chi connectivity index (χ3v) is 4.96. The molecule has 0 radical (unpaired) electrons. The Morgan fingerprint density at radius 2 is 1.61 bits per heavy atom. The number of carbonyl (C=O) groups excluding carboxylic acids is 1. The summed E-state index contributed by atoms with van der Waals surface area (Å²) in [7, 11) is 0. The Labute approximate surface area is 138 Å². The highest BCUT2D eigenvalue weighted by molar-refractivity contribution is 5.95. The first-order valence-corrected chi connectivity index (χ1v) is 8.68. The minimum atomic E-state index is -0.574. The first-order chi connectivity index (χ1) is 11.3. The molecule has 0 saturated carbocycles. The number of hydrogen-bond acceptors (Lipinski definition) is 2. The van der Waals surface area contributed by atoms with Gasteiger partial charge in [0.05, 0.1) is 5.41 Å². The Morgan fingerprint density at radius 3 is 2.04 bits per heavy atom. The number of ketones is 1. The largest absolute Gasteiger partial charge is 0.312 e. The summed E-state index contributed by atoms with van der Waals surface area (Å²) in [6.07, 6.45) is 3.67. The topological polar surface area (TPSA) is 29.1 Å². The molecule has 120 valence electrons. The summed E-state index contributed by atoms with van der Waals surface area (Å²) in [5.41, 5.74) is 1.66. The van der Waals surface area contributed by atoms with Crippen LogP contribution in [0.1, 0.15) is 43.7 Å². The molecule has 2 aromatic rings. The van der Waals surface area contributed by atoms with Crippen LogP contribution in [0.3, 0.4) is 0 Å². The zero-order chi connectivity index (χ0) is 16.1. The third-order valence-electron chi connectivity index (χ3n) is 4.96. The quantitative estimate of drug-likeness (QED) is 0.870. The van der Waals surface area contributed by atoms with Gasteiger partial charge in [-0.1, -0.05) is 67.6 Å². The van der Waals surface area contributed by atoms with Crippen LogP contribution in [0.15, 0.2) is 60.7 Å². The van der Waals surface area contributed by atoms with Crippen LogP contribution in [0.5, 0.6) is 0 Å². The number of hydrogen-bond donors (Lipinski definition) is 1. The van der Waals surface area contributed by atoms with Gasteiger partial charge >= 0.3 is 0 Å². The summed E-state index contributed by atoms with van der Waals surface area (Å²) >= 11 is 0. The minimum absolute atomic E-state index is 0.173. The zero-order valence-corrected chi connectivity index (χ0v) is 13.8. The molecule has 1 heterocycles. The van der Waals surface area contributed by atoms with E-state index in [4.69, 9.17) is 0 Å². The van der Waals surface area contributed by atoms with Gasteiger partial charge in [-0.15, -0.1) is 0 Å². The maximum atomic E-state index is 13.4. The summed E-state index contributed by atoms with van der Waals surface area (Å²) in [5, 5.41) is 3.61. The molecule has 1 aliphatic heterocycles. The van der Waals surface area contributed by atoms with E-state index in [1.54, 1.807) is 0 Å². The molecule has 0 spiro atoms. The van der Waals surface area contributed by atoms with Crippen molar-refractivity contribution in [2.24, 2.45) is 0 Å². The molecule has 1 saturated heterocycles. The van der Waals surface area contributed by atoms with E-state index in [9.17, 15) is 4.79 Å². The Hall–Kier alpha value is -1.93. The fourth-order valence-corrected chi connectivity index (χ4v) is 3.97. The van der Waals surface area contributed by atoms with Gasteiger partial charge in [-0.3, -0.25) is 4.79 Å². The molecule has 2 heteroatoms. The van der Waals surface area contributed by atoms with Crippen molar-refractivity contribution in [1.82, 2.24) is 5.32 Å². The van der Waals surface area contributed by atoms with Crippen LogP contribution in [0.2, 0.25) is 0 Å². The zero-order valence-electron chi connectivity index (χ0n) is 13.8. The SMILES string of the molecule is CCCC(=O)C(c1ccccc1)(c1ccccc1)C1CCCN1. The number of benzene rings is 2. The summed E-state index contributed by atoms with van der Waals surface area (Å²) < 4.78 is 0. The first-order valence-electron chi connectivity index (χ1n) is 8.68. The standard InChI is InChI=1S/C21H25NO/c1-2-10-20(23)21(19-15-9-16-22-19,17-11-5-3-6-12-17)18-13-7-4-8-14-18/h3-8,11-14,19,22H,2,9-10,15-16H2,1H3. The van der Waals surface area contributed by atoms with Crippen molar-refractivity contribution in [3.63, 3.8) is 0 Å². The second kappa shape index (κ2) is 7.10. The van der Waals surface area contributed by atoms with Crippen LogP contribution < -0.4 is 5.32 Å². The van der Waals surface area contributed by atoms with Gasteiger partial charge in [0.25, 0.3) is 0 Å². The Morgan fingerprint density at radius 1 is 1.04 bits per heavy atom. The lowest BCUT2D eigenvalue weighted by Gasteiger charge is -2.39. The molecule has 2 aromatic carbocycles. The summed E-state index contributed by atoms with van der Waals surface area (Å²) in [6, 6.07) is 20.8. The molecule has 3 rings (SSSR count). The van der Waals surface area contributed by atoms with Crippen molar-refractivity contribution in [3.05, 3.63) is 71.8 Å². The van der Waals surface area contributed by atoms with E-state index in [0.717, 1.165) is 36.9 Å². The molecule has 23 heavy (non-hydrogen) atoms. The van der Waals surface area contributed by atoms with E-state index < -0.39 is 5.41 Å². The Bertz CT molecular complexity index is 590. The van der Waals surface area contributed by atoms with E-state index in [0.29, 0.717) is 12.2 Å². The van der Waals surface area contributed by atoms with E-state index in [2.05, 4.69) is 36.5 Å². The smallest absolute Gasteiger partial charge is 0.149 e. The van der Waals surface area contributed by atoms with Gasteiger partial charge in [0.1, 0.15) is 5.78 Å². The summed E-state index contributed by atoms with van der Waals surface area (Å²) in [6.45, 7) is 3.08. The van der Waals surface area contributed by atoms with Crippen LogP contribution in [0.4, 0.5) is 0 Å². The molecule has 0 aromatic heterocycles. The molecule has 1 unspecified atom stereocenters. The van der Waals surface area contributed by atoms with Crippen LogP contribution in [-0.4, -0.2) is 18.4 Å². The van der Waals surface area contributed by atoms with Gasteiger partial charge < -0.3 is 5.32 Å². The van der Waals surface area contributed by atoms with Gasteiger partial charge in [0.2, 0.25) is 0 Å². The lowest BCUT2D eigenvalue weighted by molar-refractivity contribution is -0.124. The molecule has 2 nitrogen and oxygen atoms in total. The first kappa shape index (κ1) is 15.9. The highest BCUT2D eigenvalue weighted by Crippen LogP contribution is 2.41. The fraction of sp³-hybridized carbons (Fsp3) is 0.381. The van der Waals surface area contributed by atoms with Gasteiger partial charge in [-0.2, -0.15) is 0 Å². The van der Waals surface area contributed by atoms with Crippen molar-refractivity contribution < 1.29 is 4.79 Å². The second-order valence-corrected chi connectivity index (χ2v) is 6.36. The Kier molecular flexibility index (Phi) is 4.92. The van der Waals surface area contributed by atoms with Crippen LogP contribution in [0.25, 0.3) is 0 Å². The molecule has 0 aliphatic carbocycles. The average molecular weight is 307 g/mol. The second-order valence-electron chi connectivity index (χ2n) is 6.36. The molecule has 0 bridgehead atoms. The number of Topliss-reactive ketones (excluding diaryl/α,β-unsaturated/α-hetero) is 1. The van der Waals surface area contributed by atoms with Crippen molar-refractivity contribution in [1.29, 1.82) is 0 Å². The monoisotopic (exact) mass is 307 g/mol. The van der Waals surface area contributed by atoms with Gasteiger partial charge in [0, 0.05) is 12.5 Å². The van der Waals surface area contributed by atoms with E-state index in [-0.39, 0.29) is 6.04 Å². The highest BCUT2D eigenvalue weighted by Gasteiger charge is 2.48. The van der Waals surface area contributed by atoms with E-state index >= 15 is 0 Å². The van der Waals surface area contributed by atoms with Crippen LogP contribution in [0, 0.1) is 0 Å². The molecule has 1 atom stereocenters. The Balaban J connectivity index is 2.22. The van der Waals surface area contributed by atoms with Crippen molar-refractivity contribution in [2.75, 3.05) is 6.54 Å². The number of nitrogens with one attached hydrogen (secondary N) is 1. The highest BCUT2D eigenvalue weighted by atomic mass is 16.1. The van der Waals surface area contributed by atoms with E-state index in [1.807, 2.05) is 36.4 Å². The lowest BCUT2D eigenvalue weighted by atomic mass is 9.65. The predicted molar refractivity (Wildman–Crippen MR) is 94.6 cm³/mol. The molecule has 1 N–H and O–H groups in total. The molecule has 1 aliphatic rings. The molecular weight excluding hydrogens is 282 g/mol. The summed E-state index contributed by atoms with van der Waals surface area (Å²) in [4.78, 5) is 13.4. The third kappa shape index (κ3) is 2.84. The summed E-state index contributed by atoms with van der Waals surface area (Å²) in [5.74, 6) is 0.330. The van der Waals surface area contributed by atoms with Crippen LogP contribution in [-0.2, 0) is 10.2 Å². The maximum absolute atomic E-state index is 13.4. The predicted octanol–water partition coefficient (Wildman–Crippen LogP) is 4.09. The average Bonchev–Trinajstić information content (AvgIpc) is 3.13. The molecular formula is C21H25NO. The van der Waals surface area contributed by atoms with Gasteiger partial charge in [0.15, 0.2) is 0 Å². The van der Waals surface area contributed by atoms with Crippen LogP contribution >= 0.6 is 0 Å².